The number of hydrogen-bond acceptors (Lipinski definition) is 5. The number of benzene rings is 1. The van der Waals surface area contributed by atoms with E-state index >= 15 is 0 Å². The monoisotopic (exact) mass is 391 g/mol. The molecule has 1 aromatic carbocycles. The van der Waals surface area contributed by atoms with Crippen LogP contribution in [0.25, 0.3) is 0 Å². The van der Waals surface area contributed by atoms with Gasteiger partial charge in [-0.15, -0.1) is 0 Å². The first kappa shape index (κ1) is 24.0. The smallest absolute Gasteiger partial charge is 0.125 e. The lowest BCUT2D eigenvalue weighted by molar-refractivity contribution is -0.0333. The second kappa shape index (κ2) is 14.1. The SMILES string of the molecule is C/C=C/COc1cc(C)c(OC2CCCCC2OC/C=N\OC)c(C)c1.CC. The van der Waals surface area contributed by atoms with Crippen molar-refractivity contribution in [2.75, 3.05) is 20.3 Å². The Morgan fingerprint density at radius 3 is 2.29 bits per heavy atom. The van der Waals surface area contributed by atoms with E-state index in [1.807, 2.05) is 45.1 Å². The van der Waals surface area contributed by atoms with Gasteiger partial charge in [-0.05, 0) is 63.3 Å². The van der Waals surface area contributed by atoms with Crippen LogP contribution in [0.1, 0.15) is 57.6 Å². The summed E-state index contributed by atoms with van der Waals surface area (Å²) < 4.78 is 18.1. The van der Waals surface area contributed by atoms with Gasteiger partial charge in [-0.1, -0.05) is 37.6 Å². The van der Waals surface area contributed by atoms with Crippen molar-refractivity contribution in [1.82, 2.24) is 0 Å². The average Bonchev–Trinajstić information content (AvgIpc) is 2.71. The molecule has 0 N–H and O–H groups in total. The van der Waals surface area contributed by atoms with E-state index in [-0.39, 0.29) is 12.2 Å². The Morgan fingerprint density at radius 1 is 1.04 bits per heavy atom. The molecule has 1 aromatic rings. The predicted molar refractivity (Wildman–Crippen MR) is 116 cm³/mol. The van der Waals surface area contributed by atoms with Crippen LogP contribution in [0.15, 0.2) is 29.4 Å². The fraction of sp³-hybridized carbons (Fsp3) is 0.609. The van der Waals surface area contributed by atoms with Gasteiger partial charge in [0.1, 0.15) is 31.3 Å². The van der Waals surface area contributed by atoms with Crippen LogP contribution in [0.4, 0.5) is 0 Å². The molecule has 0 aromatic heterocycles. The summed E-state index contributed by atoms with van der Waals surface area (Å²) in [6.45, 7) is 11.1. The Labute approximate surface area is 170 Å². The largest absolute Gasteiger partial charge is 0.490 e. The molecule has 2 unspecified atom stereocenters. The topological polar surface area (TPSA) is 49.3 Å². The van der Waals surface area contributed by atoms with Gasteiger partial charge in [-0.2, -0.15) is 0 Å². The average molecular weight is 392 g/mol. The molecule has 0 heterocycles. The highest BCUT2D eigenvalue weighted by Gasteiger charge is 2.28. The lowest BCUT2D eigenvalue weighted by atomic mass is 9.94. The molecule has 0 radical (unpaired) electrons. The molecule has 158 valence electrons. The lowest BCUT2D eigenvalue weighted by Gasteiger charge is -2.32. The molecular formula is C23H37NO4. The van der Waals surface area contributed by atoms with Crippen LogP contribution < -0.4 is 9.47 Å². The van der Waals surface area contributed by atoms with E-state index in [4.69, 9.17) is 14.2 Å². The quantitative estimate of drug-likeness (QED) is 0.311. The van der Waals surface area contributed by atoms with E-state index in [0.717, 1.165) is 35.5 Å². The maximum absolute atomic E-state index is 6.40. The molecular weight excluding hydrogens is 354 g/mol. The summed E-state index contributed by atoms with van der Waals surface area (Å²) in [6, 6.07) is 4.07. The van der Waals surface area contributed by atoms with Crippen molar-refractivity contribution in [2.45, 2.75) is 72.5 Å². The Morgan fingerprint density at radius 2 is 1.68 bits per heavy atom. The van der Waals surface area contributed by atoms with Crippen LogP contribution in [0.5, 0.6) is 11.5 Å². The van der Waals surface area contributed by atoms with Crippen LogP contribution in [-0.4, -0.2) is 38.7 Å². The summed E-state index contributed by atoms with van der Waals surface area (Å²) in [5.41, 5.74) is 2.18. The van der Waals surface area contributed by atoms with Gasteiger partial charge in [0.25, 0.3) is 0 Å². The van der Waals surface area contributed by atoms with Crippen molar-refractivity contribution in [1.29, 1.82) is 0 Å². The molecule has 1 fully saturated rings. The highest BCUT2D eigenvalue weighted by Crippen LogP contribution is 2.32. The molecule has 28 heavy (non-hydrogen) atoms. The zero-order chi connectivity index (χ0) is 20.8. The summed E-state index contributed by atoms with van der Waals surface area (Å²) in [6.07, 6.45) is 10.1. The zero-order valence-corrected chi connectivity index (χ0v) is 18.4. The fourth-order valence-corrected chi connectivity index (χ4v) is 3.23. The van der Waals surface area contributed by atoms with Crippen molar-refractivity contribution in [3.63, 3.8) is 0 Å². The summed E-state index contributed by atoms with van der Waals surface area (Å²) in [5.74, 6) is 1.81. The molecule has 0 saturated heterocycles. The van der Waals surface area contributed by atoms with E-state index in [9.17, 15) is 0 Å². The van der Waals surface area contributed by atoms with E-state index in [0.29, 0.717) is 13.2 Å². The molecule has 1 aliphatic carbocycles. The second-order valence-corrected chi connectivity index (χ2v) is 6.55. The molecule has 2 rings (SSSR count). The first-order valence-electron chi connectivity index (χ1n) is 10.3. The predicted octanol–water partition coefficient (Wildman–Crippen LogP) is 5.62. The Hall–Kier alpha value is -2.01. The molecule has 0 spiro atoms. The van der Waals surface area contributed by atoms with E-state index in [1.54, 1.807) is 6.21 Å². The minimum atomic E-state index is 0.0619. The van der Waals surface area contributed by atoms with Crippen LogP contribution in [0.3, 0.4) is 0 Å². The zero-order valence-electron chi connectivity index (χ0n) is 18.4. The standard InChI is InChI=1S/C21H31NO4.C2H6/c1-5-6-12-24-18-14-16(2)21(17(3)15-18)26-20-10-8-7-9-19(20)25-13-11-22-23-4;1-2/h5-6,11,14-15,19-20H,7-10,12-13H2,1-4H3;1-2H3/b6-5+,22-11-;. The van der Waals surface area contributed by atoms with Crippen LogP contribution in [0.2, 0.25) is 0 Å². The minimum Gasteiger partial charge on any atom is -0.490 e. The Balaban J connectivity index is 0.00000190. The van der Waals surface area contributed by atoms with E-state index in [1.165, 1.54) is 20.0 Å². The van der Waals surface area contributed by atoms with Gasteiger partial charge in [0, 0.05) is 0 Å². The van der Waals surface area contributed by atoms with Gasteiger partial charge in [0.05, 0.1) is 18.9 Å². The Bertz CT molecular complexity index is 590. The fourth-order valence-electron chi connectivity index (χ4n) is 3.23. The van der Waals surface area contributed by atoms with E-state index < -0.39 is 0 Å². The van der Waals surface area contributed by atoms with Crippen molar-refractivity contribution in [2.24, 2.45) is 5.16 Å². The number of allylic oxidation sites excluding steroid dienone is 1. The second-order valence-electron chi connectivity index (χ2n) is 6.55. The van der Waals surface area contributed by atoms with Gasteiger partial charge < -0.3 is 19.0 Å². The van der Waals surface area contributed by atoms with Crippen molar-refractivity contribution in [3.8, 4) is 11.5 Å². The first-order chi connectivity index (χ1) is 13.7. The molecule has 2 atom stereocenters. The van der Waals surface area contributed by atoms with Crippen LogP contribution in [0, 0.1) is 13.8 Å². The van der Waals surface area contributed by atoms with Crippen LogP contribution >= 0.6 is 0 Å². The maximum atomic E-state index is 6.40. The minimum absolute atomic E-state index is 0.0619. The van der Waals surface area contributed by atoms with Crippen molar-refractivity contribution < 1.29 is 19.0 Å². The molecule has 0 bridgehead atoms. The first-order valence-corrected chi connectivity index (χ1v) is 10.3. The molecule has 5 nitrogen and oxygen atoms in total. The lowest BCUT2D eigenvalue weighted by Crippen LogP contribution is -2.37. The Kier molecular flexibility index (Phi) is 12.1. The van der Waals surface area contributed by atoms with Gasteiger partial charge >= 0.3 is 0 Å². The third-order valence-corrected chi connectivity index (χ3v) is 4.49. The third-order valence-electron chi connectivity index (χ3n) is 4.49. The molecule has 0 amide bonds. The summed E-state index contributed by atoms with van der Waals surface area (Å²) in [7, 11) is 1.53. The van der Waals surface area contributed by atoms with Gasteiger partial charge in [0.2, 0.25) is 0 Å². The highest BCUT2D eigenvalue weighted by atomic mass is 16.6. The highest BCUT2D eigenvalue weighted by molar-refractivity contribution is 5.57. The molecule has 0 aliphatic heterocycles. The molecule has 5 heteroatoms. The van der Waals surface area contributed by atoms with Gasteiger partial charge in [0.15, 0.2) is 0 Å². The normalized spacial score (nSPS) is 19.4. The van der Waals surface area contributed by atoms with Gasteiger partial charge in [-0.25, -0.2) is 0 Å². The molecule has 1 aliphatic rings. The number of oxime groups is 1. The van der Waals surface area contributed by atoms with Crippen molar-refractivity contribution >= 4 is 6.21 Å². The van der Waals surface area contributed by atoms with Crippen LogP contribution in [-0.2, 0) is 9.57 Å². The third kappa shape index (κ3) is 7.93. The summed E-state index contributed by atoms with van der Waals surface area (Å²) in [5, 5.41) is 3.72. The van der Waals surface area contributed by atoms with Crippen molar-refractivity contribution in [3.05, 3.63) is 35.4 Å². The van der Waals surface area contributed by atoms with E-state index in [2.05, 4.69) is 23.8 Å². The molecule has 1 saturated carbocycles. The number of hydrogen-bond donors (Lipinski definition) is 0. The number of aryl methyl sites for hydroxylation is 2. The maximum Gasteiger partial charge on any atom is 0.125 e. The summed E-state index contributed by atoms with van der Waals surface area (Å²) >= 11 is 0. The number of rotatable bonds is 9. The number of nitrogens with zero attached hydrogens (tertiary/aromatic N) is 1. The van der Waals surface area contributed by atoms with Gasteiger partial charge in [-0.3, -0.25) is 0 Å². The number of ether oxygens (including phenoxy) is 3. The summed E-state index contributed by atoms with van der Waals surface area (Å²) in [4.78, 5) is 4.67.